The highest BCUT2D eigenvalue weighted by Gasteiger charge is 2.27. The first-order valence-corrected chi connectivity index (χ1v) is 9.99. The first-order valence-electron chi connectivity index (χ1n) is 9.00. The molecule has 1 aromatic carbocycles. The molecule has 0 saturated carbocycles. The lowest BCUT2D eigenvalue weighted by Gasteiger charge is -2.31. The second-order valence-corrected chi connectivity index (χ2v) is 7.86. The van der Waals surface area contributed by atoms with Gasteiger partial charge in [0.05, 0.1) is 11.7 Å². The highest BCUT2D eigenvalue weighted by Crippen LogP contribution is 2.27. The average Bonchev–Trinajstić information content (AvgIpc) is 3.12. The number of amides is 2. The minimum absolute atomic E-state index is 0.177. The van der Waals surface area contributed by atoms with Gasteiger partial charge in [0.25, 0.3) is 5.91 Å². The summed E-state index contributed by atoms with van der Waals surface area (Å²) in [7, 11) is 0. The summed E-state index contributed by atoms with van der Waals surface area (Å²) in [5, 5.41) is 0. The van der Waals surface area contributed by atoms with Gasteiger partial charge in [0.15, 0.2) is 6.61 Å². The standard InChI is InChI=1S/C19H24N2O4S/c20-19(24)15-5-2-8-21(10-15)17(22)11-25-18(23)12-26-16-7-6-13-3-1-4-14(13)9-16/h6-7,9,15H,1-5,8,10-12H2,(H2,20,24)/t15-/m0/s1. The fourth-order valence-corrected chi connectivity index (χ4v) is 4.25. The van der Waals surface area contributed by atoms with E-state index in [1.54, 1.807) is 4.90 Å². The van der Waals surface area contributed by atoms with Crippen LogP contribution < -0.4 is 5.73 Å². The van der Waals surface area contributed by atoms with Crippen molar-refractivity contribution in [3.63, 3.8) is 0 Å². The van der Waals surface area contributed by atoms with E-state index >= 15 is 0 Å². The van der Waals surface area contributed by atoms with Crippen molar-refractivity contribution in [3.8, 4) is 0 Å². The molecule has 140 valence electrons. The van der Waals surface area contributed by atoms with Crippen LogP contribution >= 0.6 is 11.8 Å². The van der Waals surface area contributed by atoms with Gasteiger partial charge in [-0.2, -0.15) is 0 Å². The normalized spacial score (nSPS) is 19.1. The van der Waals surface area contributed by atoms with E-state index in [9.17, 15) is 14.4 Å². The van der Waals surface area contributed by atoms with Gasteiger partial charge < -0.3 is 15.4 Å². The van der Waals surface area contributed by atoms with Crippen LogP contribution in [-0.4, -0.2) is 48.1 Å². The summed E-state index contributed by atoms with van der Waals surface area (Å²) < 4.78 is 5.10. The van der Waals surface area contributed by atoms with Gasteiger partial charge >= 0.3 is 5.97 Å². The van der Waals surface area contributed by atoms with Crippen LogP contribution in [0.15, 0.2) is 23.1 Å². The van der Waals surface area contributed by atoms with Crippen molar-refractivity contribution in [1.29, 1.82) is 0 Å². The summed E-state index contributed by atoms with van der Waals surface area (Å²) in [6.45, 7) is 0.606. The van der Waals surface area contributed by atoms with Crippen molar-refractivity contribution < 1.29 is 19.1 Å². The topological polar surface area (TPSA) is 89.7 Å². The third-order valence-corrected chi connectivity index (χ3v) is 5.93. The molecule has 3 rings (SSSR count). The number of benzene rings is 1. The number of ether oxygens (including phenoxy) is 1. The molecule has 0 aromatic heterocycles. The Bertz CT molecular complexity index is 707. The van der Waals surface area contributed by atoms with Gasteiger partial charge in [0.2, 0.25) is 5.91 Å². The Hall–Kier alpha value is -2.02. The number of primary amides is 1. The van der Waals surface area contributed by atoms with Crippen molar-refractivity contribution >= 4 is 29.5 Å². The Morgan fingerprint density at radius 1 is 1.19 bits per heavy atom. The molecule has 1 aliphatic carbocycles. The molecule has 1 atom stereocenters. The van der Waals surface area contributed by atoms with Crippen LogP contribution in [0.5, 0.6) is 0 Å². The number of likely N-dealkylation sites (tertiary alicyclic amines) is 1. The van der Waals surface area contributed by atoms with E-state index in [4.69, 9.17) is 10.5 Å². The highest BCUT2D eigenvalue weighted by atomic mass is 32.2. The van der Waals surface area contributed by atoms with E-state index in [2.05, 4.69) is 12.1 Å². The number of carbonyl (C=O) groups is 3. The number of nitrogens with zero attached hydrogens (tertiary/aromatic N) is 1. The molecule has 0 unspecified atom stereocenters. The van der Waals surface area contributed by atoms with E-state index in [0.717, 1.165) is 24.2 Å². The number of aryl methyl sites for hydroxylation is 2. The van der Waals surface area contributed by atoms with Crippen molar-refractivity contribution in [2.45, 2.75) is 37.0 Å². The van der Waals surface area contributed by atoms with Gasteiger partial charge in [-0.25, -0.2) is 0 Å². The number of piperidine rings is 1. The molecule has 1 fully saturated rings. The lowest BCUT2D eigenvalue weighted by Crippen LogP contribution is -2.45. The summed E-state index contributed by atoms with van der Waals surface area (Å²) in [6.07, 6.45) is 4.88. The van der Waals surface area contributed by atoms with Crippen molar-refractivity contribution in [3.05, 3.63) is 29.3 Å². The number of rotatable bonds is 6. The molecule has 1 saturated heterocycles. The van der Waals surface area contributed by atoms with Crippen LogP contribution in [0.2, 0.25) is 0 Å². The molecule has 1 heterocycles. The molecule has 7 heteroatoms. The van der Waals surface area contributed by atoms with Crippen LogP contribution in [0.1, 0.15) is 30.4 Å². The molecule has 6 nitrogen and oxygen atoms in total. The zero-order valence-corrected chi connectivity index (χ0v) is 15.6. The number of thioether (sulfide) groups is 1. The van der Waals surface area contributed by atoms with Gasteiger partial charge in [-0.15, -0.1) is 11.8 Å². The highest BCUT2D eigenvalue weighted by molar-refractivity contribution is 8.00. The average molecular weight is 376 g/mol. The molecule has 1 aliphatic heterocycles. The number of nitrogens with two attached hydrogens (primary N) is 1. The molecule has 0 spiro atoms. The monoisotopic (exact) mass is 376 g/mol. The molecule has 0 radical (unpaired) electrons. The maximum atomic E-state index is 12.2. The lowest BCUT2D eigenvalue weighted by atomic mass is 9.97. The van der Waals surface area contributed by atoms with Crippen LogP contribution in [0.25, 0.3) is 0 Å². The van der Waals surface area contributed by atoms with E-state index in [-0.39, 0.29) is 30.1 Å². The summed E-state index contributed by atoms with van der Waals surface area (Å²) in [4.78, 5) is 38.0. The second-order valence-electron chi connectivity index (χ2n) is 6.81. The zero-order chi connectivity index (χ0) is 18.5. The Morgan fingerprint density at radius 3 is 2.81 bits per heavy atom. The van der Waals surface area contributed by atoms with Crippen LogP contribution in [0, 0.1) is 5.92 Å². The molecule has 2 N–H and O–H groups in total. The van der Waals surface area contributed by atoms with Gasteiger partial charge in [-0.1, -0.05) is 6.07 Å². The Balaban J connectivity index is 1.41. The fraction of sp³-hybridized carbons (Fsp3) is 0.526. The molecule has 26 heavy (non-hydrogen) atoms. The largest absolute Gasteiger partial charge is 0.455 e. The maximum Gasteiger partial charge on any atom is 0.316 e. The third-order valence-electron chi connectivity index (χ3n) is 4.96. The predicted molar refractivity (Wildman–Crippen MR) is 98.6 cm³/mol. The maximum absolute atomic E-state index is 12.2. The van der Waals surface area contributed by atoms with E-state index in [1.165, 1.54) is 29.3 Å². The zero-order valence-electron chi connectivity index (χ0n) is 14.7. The van der Waals surface area contributed by atoms with E-state index in [1.807, 2.05) is 6.07 Å². The van der Waals surface area contributed by atoms with Gasteiger partial charge in [0.1, 0.15) is 0 Å². The number of hydrogen-bond acceptors (Lipinski definition) is 5. The minimum Gasteiger partial charge on any atom is -0.455 e. The number of hydrogen-bond donors (Lipinski definition) is 1. The Kier molecular flexibility index (Phi) is 6.19. The van der Waals surface area contributed by atoms with Crippen molar-refractivity contribution in [1.82, 2.24) is 4.90 Å². The smallest absolute Gasteiger partial charge is 0.316 e. The lowest BCUT2D eigenvalue weighted by molar-refractivity contribution is -0.151. The number of carbonyl (C=O) groups excluding carboxylic acids is 3. The van der Waals surface area contributed by atoms with Gasteiger partial charge in [-0.05, 0) is 55.4 Å². The number of fused-ring (bicyclic) bond motifs is 1. The molecular formula is C19H24N2O4S. The summed E-state index contributed by atoms with van der Waals surface area (Å²) in [5.74, 6) is -1.20. The summed E-state index contributed by atoms with van der Waals surface area (Å²) in [5.41, 5.74) is 8.08. The quantitative estimate of drug-likeness (QED) is 0.601. The first-order chi connectivity index (χ1) is 12.5. The summed E-state index contributed by atoms with van der Waals surface area (Å²) in [6, 6.07) is 6.30. The van der Waals surface area contributed by atoms with Crippen molar-refractivity contribution in [2.24, 2.45) is 11.7 Å². The van der Waals surface area contributed by atoms with Gasteiger partial charge in [-0.3, -0.25) is 14.4 Å². The minimum atomic E-state index is -0.410. The number of esters is 1. The molecule has 0 bridgehead atoms. The van der Waals surface area contributed by atoms with Crippen molar-refractivity contribution in [2.75, 3.05) is 25.4 Å². The second kappa shape index (κ2) is 8.58. The predicted octanol–water partition coefficient (Wildman–Crippen LogP) is 1.53. The molecule has 2 aliphatic rings. The van der Waals surface area contributed by atoms with E-state index < -0.39 is 5.97 Å². The van der Waals surface area contributed by atoms with E-state index in [0.29, 0.717) is 19.5 Å². The van der Waals surface area contributed by atoms with Gasteiger partial charge in [0, 0.05) is 18.0 Å². The Labute approximate surface area is 157 Å². The SMILES string of the molecule is NC(=O)[C@H]1CCCN(C(=O)COC(=O)CSc2ccc3c(c2)CCC3)C1. The molecular weight excluding hydrogens is 352 g/mol. The van der Waals surface area contributed by atoms with Crippen LogP contribution in [-0.2, 0) is 32.0 Å². The van der Waals surface area contributed by atoms with Crippen LogP contribution in [0.4, 0.5) is 0 Å². The fourth-order valence-electron chi connectivity index (χ4n) is 3.49. The molecule has 2 amide bonds. The summed E-state index contributed by atoms with van der Waals surface area (Å²) >= 11 is 1.43. The first kappa shape index (κ1) is 18.8. The third kappa shape index (κ3) is 4.78. The Morgan fingerprint density at radius 2 is 2.00 bits per heavy atom. The van der Waals surface area contributed by atoms with Crippen LogP contribution in [0.3, 0.4) is 0 Å². The molecule has 1 aromatic rings.